The van der Waals surface area contributed by atoms with E-state index in [1.54, 1.807) is 0 Å². The number of benzene rings is 2. The van der Waals surface area contributed by atoms with E-state index in [4.69, 9.17) is 11.6 Å². The predicted octanol–water partition coefficient (Wildman–Crippen LogP) is 4.74. The molecular weight excluding hydrogens is 336 g/mol. The molecule has 1 heterocycles. The minimum Gasteiger partial charge on any atom is -0.339 e. The largest absolute Gasteiger partial charge is 0.339 e. The van der Waals surface area contributed by atoms with Gasteiger partial charge in [0.2, 0.25) is 0 Å². The Hall–Kier alpha value is -2.92. The van der Waals surface area contributed by atoms with Crippen molar-refractivity contribution in [2.45, 2.75) is 13.8 Å². The maximum Gasteiger partial charge on any atom is 0.275 e. The van der Waals surface area contributed by atoms with Crippen molar-refractivity contribution in [2.24, 2.45) is 0 Å². The van der Waals surface area contributed by atoms with Gasteiger partial charge in [-0.25, -0.2) is 9.97 Å². The molecule has 0 bridgehead atoms. The maximum absolute atomic E-state index is 12.3. The van der Waals surface area contributed by atoms with E-state index in [0.29, 0.717) is 10.8 Å². The second-order valence-corrected chi connectivity index (χ2v) is 6.00. The number of aryl methyl sites for hydroxylation is 1. The lowest BCUT2D eigenvalue weighted by Crippen LogP contribution is -2.15. The summed E-state index contributed by atoms with van der Waals surface area (Å²) >= 11 is 6.11. The number of para-hydroxylation sites is 1. The number of aromatic nitrogens is 2. The van der Waals surface area contributed by atoms with Gasteiger partial charge in [0.05, 0.1) is 12.4 Å². The first-order valence-electron chi connectivity index (χ1n) is 7.76. The number of carbonyl (C=O) groups excluding carboxylic acids is 1. The van der Waals surface area contributed by atoms with E-state index in [1.165, 1.54) is 12.4 Å². The van der Waals surface area contributed by atoms with Crippen molar-refractivity contribution in [3.63, 3.8) is 0 Å². The molecule has 0 atom stereocenters. The quantitative estimate of drug-likeness (QED) is 0.711. The lowest BCUT2D eigenvalue weighted by molar-refractivity contribution is 0.102. The van der Waals surface area contributed by atoms with E-state index in [2.05, 4.69) is 20.6 Å². The van der Waals surface area contributed by atoms with Crippen LogP contribution in [0.2, 0.25) is 5.02 Å². The third-order valence-electron chi connectivity index (χ3n) is 3.81. The Bertz CT molecular complexity index is 910. The van der Waals surface area contributed by atoms with Gasteiger partial charge in [0.15, 0.2) is 0 Å². The summed E-state index contributed by atoms with van der Waals surface area (Å²) in [6.45, 7) is 3.85. The minimum absolute atomic E-state index is 0.247. The molecule has 0 fully saturated rings. The van der Waals surface area contributed by atoms with Gasteiger partial charge in [-0.3, -0.25) is 4.79 Å². The number of rotatable bonds is 4. The highest BCUT2D eigenvalue weighted by Gasteiger charge is 2.10. The van der Waals surface area contributed by atoms with Gasteiger partial charge in [0.25, 0.3) is 5.91 Å². The maximum atomic E-state index is 12.3. The first-order chi connectivity index (χ1) is 12.0. The fourth-order valence-electron chi connectivity index (χ4n) is 2.29. The van der Waals surface area contributed by atoms with Crippen LogP contribution in [0.4, 0.5) is 17.2 Å². The smallest absolute Gasteiger partial charge is 0.275 e. The zero-order valence-electron chi connectivity index (χ0n) is 13.9. The lowest BCUT2D eigenvalue weighted by atomic mass is 10.2. The van der Waals surface area contributed by atoms with Crippen LogP contribution in [0.1, 0.15) is 21.6 Å². The van der Waals surface area contributed by atoms with Crippen LogP contribution in [0.15, 0.2) is 54.9 Å². The van der Waals surface area contributed by atoms with Gasteiger partial charge in [0.1, 0.15) is 11.5 Å². The van der Waals surface area contributed by atoms with Crippen molar-refractivity contribution in [1.29, 1.82) is 0 Å². The molecule has 3 rings (SSSR count). The van der Waals surface area contributed by atoms with Gasteiger partial charge in [-0.15, -0.1) is 0 Å². The van der Waals surface area contributed by atoms with Crippen LogP contribution >= 0.6 is 11.6 Å². The van der Waals surface area contributed by atoms with Crippen molar-refractivity contribution in [3.8, 4) is 0 Å². The molecule has 0 aliphatic heterocycles. The number of amides is 1. The van der Waals surface area contributed by atoms with Gasteiger partial charge in [-0.1, -0.05) is 35.9 Å². The zero-order chi connectivity index (χ0) is 17.8. The Morgan fingerprint density at radius 1 is 0.960 bits per heavy atom. The van der Waals surface area contributed by atoms with E-state index < -0.39 is 0 Å². The van der Waals surface area contributed by atoms with Crippen molar-refractivity contribution in [1.82, 2.24) is 9.97 Å². The summed E-state index contributed by atoms with van der Waals surface area (Å²) < 4.78 is 0. The van der Waals surface area contributed by atoms with Crippen molar-refractivity contribution in [2.75, 3.05) is 10.6 Å². The van der Waals surface area contributed by atoms with E-state index in [9.17, 15) is 4.79 Å². The lowest BCUT2D eigenvalue weighted by Gasteiger charge is -2.10. The van der Waals surface area contributed by atoms with Gasteiger partial charge in [0, 0.05) is 16.4 Å². The summed E-state index contributed by atoms with van der Waals surface area (Å²) in [4.78, 5) is 20.7. The second kappa shape index (κ2) is 7.32. The summed E-state index contributed by atoms with van der Waals surface area (Å²) in [5.41, 5.74) is 3.76. The highest BCUT2D eigenvalue weighted by atomic mass is 35.5. The molecule has 0 unspecified atom stereocenters. The number of hydrogen-bond acceptors (Lipinski definition) is 4. The number of nitrogens with zero attached hydrogens (tertiary/aromatic N) is 2. The van der Waals surface area contributed by atoms with Crippen LogP contribution in [0, 0.1) is 13.8 Å². The van der Waals surface area contributed by atoms with Crippen LogP contribution in [0.3, 0.4) is 0 Å². The van der Waals surface area contributed by atoms with E-state index in [-0.39, 0.29) is 11.6 Å². The first-order valence-corrected chi connectivity index (χ1v) is 8.13. The fourth-order valence-corrected chi connectivity index (χ4v) is 2.46. The molecule has 2 aromatic carbocycles. The molecular formula is C19H17ClN4O. The third-order valence-corrected chi connectivity index (χ3v) is 4.22. The number of anilines is 3. The standard InChI is InChI=1S/C19H17ClN4O/c1-12-6-3-4-8-15(12)24-19(25)17-10-22-18(11-21-17)23-16-9-5-7-14(20)13(16)2/h3-11H,1-2H3,(H,22,23)(H,24,25). The Morgan fingerprint density at radius 3 is 2.44 bits per heavy atom. The number of nitrogens with one attached hydrogen (secondary N) is 2. The molecule has 5 nitrogen and oxygen atoms in total. The Balaban J connectivity index is 1.73. The number of hydrogen-bond donors (Lipinski definition) is 2. The summed E-state index contributed by atoms with van der Waals surface area (Å²) in [5, 5.41) is 6.65. The fraction of sp³-hybridized carbons (Fsp3) is 0.105. The van der Waals surface area contributed by atoms with Crippen LogP contribution in [-0.4, -0.2) is 15.9 Å². The average molecular weight is 353 g/mol. The molecule has 0 aliphatic carbocycles. The molecule has 1 aromatic heterocycles. The van der Waals surface area contributed by atoms with Crippen molar-refractivity contribution >= 4 is 34.7 Å². The molecule has 6 heteroatoms. The topological polar surface area (TPSA) is 66.9 Å². The average Bonchev–Trinajstić information content (AvgIpc) is 2.61. The van der Waals surface area contributed by atoms with Gasteiger partial charge in [-0.05, 0) is 43.2 Å². The molecule has 0 aliphatic rings. The van der Waals surface area contributed by atoms with Crippen LogP contribution in [-0.2, 0) is 0 Å². The van der Waals surface area contributed by atoms with Crippen LogP contribution < -0.4 is 10.6 Å². The van der Waals surface area contributed by atoms with Gasteiger partial charge < -0.3 is 10.6 Å². The first kappa shape index (κ1) is 16.9. The predicted molar refractivity (Wildman–Crippen MR) is 101 cm³/mol. The Labute approximate surface area is 151 Å². The minimum atomic E-state index is -0.299. The number of halogens is 1. The highest BCUT2D eigenvalue weighted by molar-refractivity contribution is 6.31. The summed E-state index contributed by atoms with van der Waals surface area (Å²) in [6.07, 6.45) is 2.96. The summed E-state index contributed by atoms with van der Waals surface area (Å²) in [6, 6.07) is 13.2. The molecule has 0 spiro atoms. The highest BCUT2D eigenvalue weighted by Crippen LogP contribution is 2.25. The number of carbonyl (C=O) groups is 1. The monoisotopic (exact) mass is 352 g/mol. The Kier molecular flexibility index (Phi) is 4.95. The third kappa shape index (κ3) is 3.95. The Morgan fingerprint density at radius 2 is 1.72 bits per heavy atom. The van der Waals surface area contributed by atoms with Crippen molar-refractivity contribution in [3.05, 3.63) is 76.7 Å². The molecule has 1 amide bonds. The van der Waals surface area contributed by atoms with Crippen LogP contribution in [0.25, 0.3) is 0 Å². The zero-order valence-corrected chi connectivity index (χ0v) is 14.6. The normalized spacial score (nSPS) is 10.4. The molecule has 2 N–H and O–H groups in total. The van der Waals surface area contributed by atoms with E-state index >= 15 is 0 Å². The molecule has 3 aromatic rings. The second-order valence-electron chi connectivity index (χ2n) is 5.59. The molecule has 0 radical (unpaired) electrons. The molecule has 126 valence electrons. The van der Waals surface area contributed by atoms with Crippen molar-refractivity contribution < 1.29 is 4.79 Å². The van der Waals surface area contributed by atoms with Gasteiger partial charge >= 0.3 is 0 Å². The molecule has 0 saturated carbocycles. The van der Waals surface area contributed by atoms with Gasteiger partial charge in [-0.2, -0.15) is 0 Å². The summed E-state index contributed by atoms with van der Waals surface area (Å²) in [7, 11) is 0. The van der Waals surface area contributed by atoms with E-state index in [1.807, 2.05) is 56.3 Å². The SMILES string of the molecule is Cc1ccccc1NC(=O)c1cnc(Nc2cccc(Cl)c2C)cn1. The summed E-state index contributed by atoms with van der Waals surface area (Å²) in [5.74, 6) is 0.241. The molecule has 25 heavy (non-hydrogen) atoms. The molecule has 0 saturated heterocycles. The van der Waals surface area contributed by atoms with Crippen LogP contribution in [0.5, 0.6) is 0 Å². The van der Waals surface area contributed by atoms with E-state index in [0.717, 1.165) is 22.5 Å².